The molecule has 0 spiro atoms. The van der Waals surface area contributed by atoms with Crippen LogP contribution in [-0.2, 0) is 6.42 Å². The molecule has 3 heteroatoms. The monoisotopic (exact) mass is 261 g/mol. The van der Waals surface area contributed by atoms with E-state index in [-0.39, 0.29) is 17.7 Å². The third-order valence-corrected chi connectivity index (χ3v) is 3.29. The largest absolute Gasteiger partial charge is 0.313 e. The summed E-state index contributed by atoms with van der Waals surface area (Å²) < 4.78 is 26.5. The molecule has 1 unspecified atom stereocenters. The van der Waals surface area contributed by atoms with Gasteiger partial charge in [-0.2, -0.15) is 0 Å². The zero-order valence-corrected chi connectivity index (χ0v) is 11.1. The Balaban J connectivity index is 2.27. The van der Waals surface area contributed by atoms with Crippen LogP contribution in [0.4, 0.5) is 8.78 Å². The van der Waals surface area contributed by atoms with Crippen molar-refractivity contribution in [2.45, 2.75) is 19.4 Å². The Morgan fingerprint density at radius 1 is 1.05 bits per heavy atom. The lowest BCUT2D eigenvalue weighted by molar-refractivity contribution is 0.570. The van der Waals surface area contributed by atoms with Crippen LogP contribution < -0.4 is 5.32 Å². The van der Waals surface area contributed by atoms with Gasteiger partial charge in [0.2, 0.25) is 0 Å². The van der Waals surface area contributed by atoms with Crippen molar-refractivity contribution in [2.75, 3.05) is 7.05 Å². The lowest BCUT2D eigenvalue weighted by Gasteiger charge is -2.19. The number of benzene rings is 2. The van der Waals surface area contributed by atoms with Crippen molar-refractivity contribution in [3.63, 3.8) is 0 Å². The highest BCUT2D eigenvalue weighted by molar-refractivity contribution is 5.31. The second-order valence-electron chi connectivity index (χ2n) is 4.68. The molecular formula is C16H17F2N. The van der Waals surface area contributed by atoms with Gasteiger partial charge in [-0.1, -0.05) is 18.2 Å². The first-order valence-electron chi connectivity index (χ1n) is 6.28. The first kappa shape index (κ1) is 13.7. The molecule has 0 aliphatic carbocycles. The molecule has 100 valence electrons. The SMILES string of the molecule is CNC(Cc1cccc(F)c1)c1cc(F)ccc1C. The Morgan fingerprint density at radius 3 is 2.47 bits per heavy atom. The molecule has 0 heterocycles. The fourth-order valence-electron chi connectivity index (χ4n) is 2.25. The summed E-state index contributed by atoms with van der Waals surface area (Å²) in [6, 6.07) is 11.2. The average Bonchev–Trinajstić information content (AvgIpc) is 2.39. The molecule has 0 radical (unpaired) electrons. The molecule has 19 heavy (non-hydrogen) atoms. The molecule has 0 fully saturated rings. The van der Waals surface area contributed by atoms with Gasteiger partial charge in [0.15, 0.2) is 0 Å². The molecule has 0 bridgehead atoms. The smallest absolute Gasteiger partial charge is 0.123 e. The highest BCUT2D eigenvalue weighted by Gasteiger charge is 2.13. The second-order valence-corrected chi connectivity index (χ2v) is 4.68. The zero-order chi connectivity index (χ0) is 13.8. The van der Waals surface area contributed by atoms with Crippen LogP contribution in [0.25, 0.3) is 0 Å². The van der Waals surface area contributed by atoms with Gasteiger partial charge in [0, 0.05) is 6.04 Å². The van der Waals surface area contributed by atoms with Crippen molar-refractivity contribution in [1.82, 2.24) is 5.32 Å². The van der Waals surface area contributed by atoms with E-state index >= 15 is 0 Å². The van der Waals surface area contributed by atoms with E-state index in [1.165, 1.54) is 24.3 Å². The lowest BCUT2D eigenvalue weighted by atomic mass is 9.95. The second kappa shape index (κ2) is 5.93. The van der Waals surface area contributed by atoms with Gasteiger partial charge in [-0.15, -0.1) is 0 Å². The summed E-state index contributed by atoms with van der Waals surface area (Å²) in [7, 11) is 1.83. The van der Waals surface area contributed by atoms with Gasteiger partial charge >= 0.3 is 0 Å². The minimum atomic E-state index is -0.250. The molecule has 0 saturated carbocycles. The standard InChI is InChI=1S/C16H17F2N/c1-11-6-7-14(18)10-15(11)16(19-2)9-12-4-3-5-13(17)8-12/h3-8,10,16,19H,9H2,1-2H3. The van der Waals surface area contributed by atoms with Gasteiger partial charge in [0.25, 0.3) is 0 Å². The van der Waals surface area contributed by atoms with Crippen molar-refractivity contribution in [3.8, 4) is 0 Å². The number of aryl methyl sites for hydroxylation is 1. The Bertz CT molecular complexity index is 566. The van der Waals surface area contributed by atoms with Crippen LogP contribution in [-0.4, -0.2) is 7.05 Å². The van der Waals surface area contributed by atoms with Crippen molar-refractivity contribution in [2.24, 2.45) is 0 Å². The summed E-state index contributed by atoms with van der Waals surface area (Å²) in [5.74, 6) is -0.497. The molecule has 0 aliphatic rings. The molecule has 0 aromatic heterocycles. The summed E-state index contributed by atoms with van der Waals surface area (Å²) in [6.45, 7) is 1.95. The predicted molar refractivity (Wildman–Crippen MR) is 73.0 cm³/mol. The van der Waals surface area contributed by atoms with Crippen molar-refractivity contribution >= 4 is 0 Å². The summed E-state index contributed by atoms with van der Waals surface area (Å²) in [5.41, 5.74) is 2.83. The molecule has 1 atom stereocenters. The number of likely N-dealkylation sites (N-methyl/N-ethyl adjacent to an activating group) is 1. The normalized spacial score (nSPS) is 12.4. The third kappa shape index (κ3) is 3.38. The third-order valence-electron chi connectivity index (χ3n) is 3.29. The van der Waals surface area contributed by atoms with E-state index in [0.717, 1.165) is 16.7 Å². The highest BCUT2D eigenvalue weighted by Crippen LogP contribution is 2.22. The van der Waals surface area contributed by atoms with E-state index in [4.69, 9.17) is 0 Å². The van der Waals surface area contributed by atoms with Gasteiger partial charge in [-0.3, -0.25) is 0 Å². The fourth-order valence-corrected chi connectivity index (χ4v) is 2.25. The minimum Gasteiger partial charge on any atom is -0.313 e. The molecule has 2 aromatic carbocycles. The summed E-state index contributed by atoms with van der Waals surface area (Å²) in [5, 5.41) is 3.17. The van der Waals surface area contributed by atoms with Gasteiger partial charge in [-0.05, 0) is 61.3 Å². The first-order chi connectivity index (χ1) is 9.10. The Morgan fingerprint density at radius 2 is 1.79 bits per heavy atom. The van der Waals surface area contributed by atoms with E-state index < -0.39 is 0 Å². The molecule has 0 amide bonds. The van der Waals surface area contributed by atoms with Gasteiger partial charge < -0.3 is 5.32 Å². The highest BCUT2D eigenvalue weighted by atomic mass is 19.1. The van der Waals surface area contributed by atoms with Crippen LogP contribution >= 0.6 is 0 Å². The quantitative estimate of drug-likeness (QED) is 0.883. The van der Waals surface area contributed by atoms with Crippen LogP contribution in [0, 0.1) is 18.6 Å². The van der Waals surface area contributed by atoms with Crippen LogP contribution in [0.2, 0.25) is 0 Å². The Hall–Kier alpha value is -1.74. The van der Waals surface area contributed by atoms with Gasteiger partial charge in [0.1, 0.15) is 11.6 Å². The van der Waals surface area contributed by atoms with Crippen LogP contribution in [0.1, 0.15) is 22.7 Å². The molecule has 1 N–H and O–H groups in total. The van der Waals surface area contributed by atoms with E-state index in [1.54, 1.807) is 12.1 Å². The predicted octanol–water partition coefficient (Wildman–Crippen LogP) is 3.78. The number of nitrogens with one attached hydrogen (secondary N) is 1. The van der Waals surface area contributed by atoms with E-state index in [1.807, 2.05) is 20.0 Å². The van der Waals surface area contributed by atoms with E-state index in [0.29, 0.717) is 6.42 Å². The lowest BCUT2D eigenvalue weighted by Crippen LogP contribution is -2.20. The van der Waals surface area contributed by atoms with E-state index in [2.05, 4.69) is 5.32 Å². The maximum absolute atomic E-state index is 13.4. The van der Waals surface area contributed by atoms with Gasteiger partial charge in [0.05, 0.1) is 0 Å². The number of hydrogen-bond donors (Lipinski definition) is 1. The van der Waals surface area contributed by atoms with Crippen LogP contribution in [0.5, 0.6) is 0 Å². The molecule has 0 aliphatic heterocycles. The molecule has 2 rings (SSSR count). The summed E-state index contributed by atoms with van der Waals surface area (Å²) in [4.78, 5) is 0. The van der Waals surface area contributed by atoms with E-state index in [9.17, 15) is 8.78 Å². The molecule has 1 nitrogen and oxygen atoms in total. The molecule has 0 saturated heterocycles. The summed E-state index contributed by atoms with van der Waals surface area (Å²) in [6.07, 6.45) is 0.624. The maximum Gasteiger partial charge on any atom is 0.123 e. The van der Waals surface area contributed by atoms with Crippen molar-refractivity contribution in [3.05, 3.63) is 70.8 Å². The minimum absolute atomic E-state index is 0.0301. The maximum atomic E-state index is 13.4. The number of hydrogen-bond acceptors (Lipinski definition) is 1. The van der Waals surface area contributed by atoms with Crippen LogP contribution in [0.3, 0.4) is 0 Å². The first-order valence-corrected chi connectivity index (χ1v) is 6.28. The van der Waals surface area contributed by atoms with Crippen molar-refractivity contribution in [1.29, 1.82) is 0 Å². The van der Waals surface area contributed by atoms with Crippen molar-refractivity contribution < 1.29 is 8.78 Å². The fraction of sp³-hybridized carbons (Fsp3) is 0.250. The molecule has 2 aromatic rings. The Kier molecular flexibility index (Phi) is 4.27. The topological polar surface area (TPSA) is 12.0 Å². The van der Waals surface area contributed by atoms with Crippen LogP contribution in [0.15, 0.2) is 42.5 Å². The molecular weight excluding hydrogens is 244 g/mol. The average molecular weight is 261 g/mol. The number of halogens is 2. The van der Waals surface area contributed by atoms with Gasteiger partial charge in [-0.25, -0.2) is 8.78 Å². The Labute approximate surface area is 112 Å². The zero-order valence-electron chi connectivity index (χ0n) is 11.1. The summed E-state index contributed by atoms with van der Waals surface area (Å²) >= 11 is 0. The number of rotatable bonds is 4.